The van der Waals surface area contributed by atoms with Gasteiger partial charge >= 0.3 is 12.1 Å². The average Bonchev–Trinajstić information content (AvgIpc) is 3.31. The first-order chi connectivity index (χ1) is 17.3. The smallest absolute Gasteiger partial charge is 0.407 e. The van der Waals surface area contributed by atoms with E-state index in [9.17, 15) is 28.0 Å². The van der Waals surface area contributed by atoms with Crippen LogP contribution in [0.5, 0.6) is 0 Å². The van der Waals surface area contributed by atoms with Gasteiger partial charge in [0.05, 0.1) is 25.0 Å². The van der Waals surface area contributed by atoms with Crippen molar-refractivity contribution in [2.45, 2.75) is 50.7 Å². The van der Waals surface area contributed by atoms with Crippen LogP contribution in [0.3, 0.4) is 0 Å². The van der Waals surface area contributed by atoms with Crippen molar-refractivity contribution in [3.8, 4) is 0 Å². The Morgan fingerprint density at radius 2 is 1.72 bits per heavy atom. The number of urea groups is 1. The molecule has 196 valence electrons. The van der Waals surface area contributed by atoms with E-state index in [1.807, 2.05) is 5.32 Å². The van der Waals surface area contributed by atoms with Crippen LogP contribution in [-0.4, -0.2) is 85.7 Å². The topological polar surface area (TPSA) is 111 Å². The number of carbonyl (C=O) groups is 4. The first-order valence-corrected chi connectivity index (χ1v) is 12.3. The molecular formula is C24H31F2N5O5. The van der Waals surface area contributed by atoms with Gasteiger partial charge in [-0.25, -0.2) is 18.4 Å². The van der Waals surface area contributed by atoms with Crippen LogP contribution in [0.2, 0.25) is 0 Å². The molecule has 10 nitrogen and oxygen atoms in total. The average molecular weight is 508 g/mol. The quantitative estimate of drug-likeness (QED) is 0.521. The van der Waals surface area contributed by atoms with E-state index in [1.165, 1.54) is 0 Å². The van der Waals surface area contributed by atoms with Gasteiger partial charge in [0.25, 0.3) is 0 Å². The number of amides is 5. The standard InChI is InChI=1S/C24H31F2N5O5/c1-2-5-18(22(33)27-14-32)21-19(25)8-16(9-20(21)26)30-10-15(11-30)28-23(34)36-17-12-31(13-17)24(35)29-6-3-4-7-29/h8-9,14-15,17-18H,2-7,10-13H2,1H3,(H,28,34)(H,27,32,33). The second-order valence-electron chi connectivity index (χ2n) is 9.45. The minimum Gasteiger partial charge on any atom is -0.442 e. The third-order valence-corrected chi connectivity index (χ3v) is 6.84. The van der Waals surface area contributed by atoms with Crippen molar-refractivity contribution in [1.82, 2.24) is 20.4 Å². The summed E-state index contributed by atoms with van der Waals surface area (Å²) in [6.45, 7) is 4.72. The molecule has 0 aliphatic carbocycles. The Balaban J connectivity index is 1.24. The SMILES string of the molecule is CCCC(C(=O)NC=O)c1c(F)cc(N2CC(NC(=O)OC3CN(C(=O)N4CCCC4)C3)C2)cc1F. The lowest BCUT2D eigenvalue weighted by molar-refractivity contribution is -0.126. The Bertz CT molecular complexity index is 984. The van der Waals surface area contributed by atoms with Gasteiger partial charge in [-0.1, -0.05) is 13.3 Å². The summed E-state index contributed by atoms with van der Waals surface area (Å²) in [4.78, 5) is 52.3. The monoisotopic (exact) mass is 507 g/mol. The molecule has 3 heterocycles. The molecule has 2 N–H and O–H groups in total. The van der Waals surface area contributed by atoms with Crippen LogP contribution in [0.4, 0.5) is 24.1 Å². The Morgan fingerprint density at radius 3 is 2.31 bits per heavy atom. The Labute approximate surface area is 207 Å². The normalized spacial score (nSPS) is 18.8. The van der Waals surface area contributed by atoms with E-state index in [1.54, 1.807) is 21.6 Å². The number of likely N-dealkylation sites (tertiary alicyclic amines) is 2. The first kappa shape index (κ1) is 25.6. The molecule has 1 atom stereocenters. The number of hydrogen-bond donors (Lipinski definition) is 2. The summed E-state index contributed by atoms with van der Waals surface area (Å²) >= 11 is 0. The summed E-state index contributed by atoms with van der Waals surface area (Å²) in [5, 5.41) is 4.70. The number of nitrogens with one attached hydrogen (secondary N) is 2. The number of nitrogens with zero attached hydrogens (tertiary/aromatic N) is 3. The van der Waals surface area contributed by atoms with Crippen molar-refractivity contribution in [2.24, 2.45) is 0 Å². The molecule has 0 spiro atoms. The zero-order chi connectivity index (χ0) is 25.8. The van der Waals surface area contributed by atoms with Crippen molar-refractivity contribution in [3.63, 3.8) is 0 Å². The predicted molar refractivity (Wildman–Crippen MR) is 125 cm³/mol. The summed E-state index contributed by atoms with van der Waals surface area (Å²) in [6.07, 6.45) is 1.98. The highest BCUT2D eigenvalue weighted by Gasteiger charge is 2.38. The Morgan fingerprint density at radius 1 is 1.08 bits per heavy atom. The van der Waals surface area contributed by atoms with E-state index in [2.05, 4.69) is 5.32 Å². The number of anilines is 1. The molecule has 3 fully saturated rings. The van der Waals surface area contributed by atoms with Gasteiger partial charge in [-0.2, -0.15) is 0 Å². The number of benzene rings is 1. The van der Waals surface area contributed by atoms with Gasteiger partial charge in [0.1, 0.15) is 17.7 Å². The highest BCUT2D eigenvalue weighted by atomic mass is 19.1. The van der Waals surface area contributed by atoms with E-state index in [-0.39, 0.29) is 36.6 Å². The largest absolute Gasteiger partial charge is 0.442 e. The van der Waals surface area contributed by atoms with E-state index in [0.29, 0.717) is 38.3 Å². The maximum atomic E-state index is 14.8. The predicted octanol–water partition coefficient (Wildman–Crippen LogP) is 1.94. The van der Waals surface area contributed by atoms with Gasteiger partial charge in [-0.15, -0.1) is 0 Å². The van der Waals surface area contributed by atoms with Gasteiger partial charge in [0.15, 0.2) is 0 Å². The van der Waals surface area contributed by atoms with Crippen LogP contribution < -0.4 is 15.5 Å². The fourth-order valence-electron chi connectivity index (χ4n) is 4.85. The summed E-state index contributed by atoms with van der Waals surface area (Å²) in [5.41, 5.74) is -0.0715. The van der Waals surface area contributed by atoms with Crippen LogP contribution >= 0.6 is 0 Å². The van der Waals surface area contributed by atoms with Crippen molar-refractivity contribution in [3.05, 3.63) is 29.3 Å². The fourth-order valence-corrected chi connectivity index (χ4v) is 4.85. The van der Waals surface area contributed by atoms with Crippen molar-refractivity contribution in [1.29, 1.82) is 0 Å². The lowest BCUT2D eigenvalue weighted by Crippen LogP contribution is -2.62. The minimum absolute atomic E-state index is 0.0155. The van der Waals surface area contributed by atoms with E-state index in [4.69, 9.17) is 4.74 Å². The van der Waals surface area contributed by atoms with Gasteiger partial charge in [-0.05, 0) is 31.4 Å². The number of alkyl carbamates (subject to hydrolysis) is 1. The maximum absolute atomic E-state index is 14.8. The molecule has 4 rings (SSSR count). The number of imide groups is 1. The van der Waals surface area contributed by atoms with E-state index < -0.39 is 29.6 Å². The lowest BCUT2D eigenvalue weighted by atomic mass is 9.92. The number of halogens is 2. The summed E-state index contributed by atoms with van der Waals surface area (Å²) in [6, 6.07) is 2.05. The molecule has 12 heteroatoms. The molecule has 36 heavy (non-hydrogen) atoms. The highest BCUT2D eigenvalue weighted by molar-refractivity contribution is 5.91. The molecule has 0 aromatic heterocycles. The second kappa shape index (κ2) is 11.1. The van der Waals surface area contributed by atoms with Crippen LogP contribution in [0.15, 0.2) is 12.1 Å². The molecule has 1 aromatic carbocycles. The molecule has 0 bridgehead atoms. The van der Waals surface area contributed by atoms with Gasteiger partial charge in [0.2, 0.25) is 12.3 Å². The number of carbonyl (C=O) groups excluding carboxylic acids is 4. The van der Waals surface area contributed by atoms with Crippen molar-refractivity contribution in [2.75, 3.05) is 44.2 Å². The van der Waals surface area contributed by atoms with Gasteiger partial charge in [0, 0.05) is 37.4 Å². The minimum atomic E-state index is -1.11. The van der Waals surface area contributed by atoms with Gasteiger partial charge in [-0.3, -0.25) is 14.9 Å². The summed E-state index contributed by atoms with van der Waals surface area (Å²) in [5.74, 6) is -3.58. The van der Waals surface area contributed by atoms with Crippen LogP contribution in [0.25, 0.3) is 0 Å². The summed E-state index contributed by atoms with van der Waals surface area (Å²) in [7, 11) is 0. The first-order valence-electron chi connectivity index (χ1n) is 12.3. The van der Waals surface area contributed by atoms with Crippen molar-refractivity contribution < 1.29 is 32.7 Å². The van der Waals surface area contributed by atoms with E-state index in [0.717, 1.165) is 38.1 Å². The molecule has 0 saturated carbocycles. The Hall–Kier alpha value is -3.44. The summed E-state index contributed by atoms with van der Waals surface area (Å²) < 4.78 is 35.0. The molecule has 3 aliphatic rings. The molecule has 0 radical (unpaired) electrons. The fraction of sp³-hybridized carbons (Fsp3) is 0.583. The molecule has 1 aromatic rings. The highest BCUT2D eigenvalue weighted by Crippen LogP contribution is 2.32. The number of ether oxygens (including phenoxy) is 1. The number of hydrogen-bond acceptors (Lipinski definition) is 6. The van der Waals surface area contributed by atoms with Crippen LogP contribution in [0.1, 0.15) is 44.1 Å². The number of rotatable bonds is 8. The third kappa shape index (κ3) is 5.52. The van der Waals surface area contributed by atoms with Crippen LogP contribution in [0, 0.1) is 11.6 Å². The Kier molecular flexibility index (Phi) is 7.90. The zero-order valence-corrected chi connectivity index (χ0v) is 20.2. The van der Waals surface area contributed by atoms with Crippen molar-refractivity contribution >= 4 is 30.1 Å². The van der Waals surface area contributed by atoms with E-state index >= 15 is 0 Å². The third-order valence-electron chi connectivity index (χ3n) is 6.84. The molecule has 3 aliphatic heterocycles. The molecule has 3 saturated heterocycles. The lowest BCUT2D eigenvalue weighted by Gasteiger charge is -2.43. The second-order valence-corrected chi connectivity index (χ2v) is 9.45. The maximum Gasteiger partial charge on any atom is 0.407 e. The zero-order valence-electron chi connectivity index (χ0n) is 20.2. The molecule has 5 amide bonds. The molecular weight excluding hydrogens is 476 g/mol. The van der Waals surface area contributed by atoms with Crippen LogP contribution in [-0.2, 0) is 14.3 Å². The van der Waals surface area contributed by atoms with Gasteiger partial charge < -0.3 is 24.8 Å². The molecule has 1 unspecified atom stereocenters.